The number of oxime groups is 1. The fraction of sp³-hybridized carbons (Fsp3) is 0.391. The first-order valence-electron chi connectivity index (χ1n) is 10.3. The van der Waals surface area contributed by atoms with Crippen LogP contribution in [0.25, 0.3) is 0 Å². The predicted molar refractivity (Wildman–Crippen MR) is 117 cm³/mol. The molecule has 0 heterocycles. The topological polar surface area (TPSA) is 97.4 Å². The highest BCUT2D eigenvalue weighted by atomic mass is 19.4. The van der Waals surface area contributed by atoms with E-state index in [2.05, 4.69) is 5.16 Å². The summed E-state index contributed by atoms with van der Waals surface area (Å²) in [6.07, 6.45) is -3.90. The van der Waals surface area contributed by atoms with Gasteiger partial charge in [0.1, 0.15) is 5.75 Å². The second-order valence-electron chi connectivity index (χ2n) is 7.80. The van der Waals surface area contributed by atoms with Crippen molar-refractivity contribution in [1.29, 1.82) is 0 Å². The molecular formula is C23H28F3N3O4. The van der Waals surface area contributed by atoms with Crippen LogP contribution in [-0.2, 0) is 28.7 Å². The number of hydrogen-bond acceptors (Lipinski definition) is 5. The third-order valence-corrected chi connectivity index (χ3v) is 4.81. The van der Waals surface area contributed by atoms with Gasteiger partial charge in [-0.3, -0.25) is 0 Å². The lowest BCUT2D eigenvalue weighted by Crippen LogP contribution is -2.39. The Labute approximate surface area is 190 Å². The highest BCUT2D eigenvalue weighted by molar-refractivity contribution is 5.79. The molecule has 10 heteroatoms. The maximum Gasteiger partial charge on any atom is 0.416 e. The molecule has 2 rings (SSSR count). The fourth-order valence-electron chi connectivity index (χ4n) is 2.99. The summed E-state index contributed by atoms with van der Waals surface area (Å²) in [6.45, 7) is 5.74. The van der Waals surface area contributed by atoms with Crippen molar-refractivity contribution in [2.45, 2.75) is 45.5 Å². The molecule has 0 bridgehead atoms. The number of alkyl halides is 3. The first-order chi connectivity index (χ1) is 15.5. The molecule has 2 aromatic carbocycles. The molecule has 33 heavy (non-hydrogen) atoms. The molecule has 0 aromatic heterocycles. The maximum absolute atomic E-state index is 12.8. The SMILES string of the molecule is CCOC(=O)C(C)(C)Oc1ccc(CCN(Cc2ccc(C(F)(F)F)cc2)/C(N)=N\O)cc1. The Balaban J connectivity index is 2.01. The highest BCUT2D eigenvalue weighted by Gasteiger charge is 2.31. The molecule has 0 fully saturated rings. The molecule has 0 unspecified atom stereocenters. The van der Waals surface area contributed by atoms with Gasteiger partial charge in [0, 0.05) is 13.1 Å². The summed E-state index contributed by atoms with van der Waals surface area (Å²) in [5, 5.41) is 12.1. The van der Waals surface area contributed by atoms with Crippen LogP contribution in [0, 0.1) is 0 Å². The van der Waals surface area contributed by atoms with Crippen LogP contribution < -0.4 is 10.5 Å². The Hall–Kier alpha value is -3.43. The lowest BCUT2D eigenvalue weighted by atomic mass is 10.1. The van der Waals surface area contributed by atoms with E-state index in [-0.39, 0.29) is 19.1 Å². The van der Waals surface area contributed by atoms with Crippen molar-refractivity contribution in [3.05, 3.63) is 65.2 Å². The Morgan fingerprint density at radius 2 is 1.64 bits per heavy atom. The van der Waals surface area contributed by atoms with E-state index in [1.165, 1.54) is 12.1 Å². The summed E-state index contributed by atoms with van der Waals surface area (Å²) in [5.74, 6) is -0.118. The zero-order chi connectivity index (χ0) is 24.6. The van der Waals surface area contributed by atoms with E-state index in [4.69, 9.17) is 20.4 Å². The first-order valence-corrected chi connectivity index (χ1v) is 10.3. The van der Waals surface area contributed by atoms with E-state index in [0.29, 0.717) is 24.3 Å². The predicted octanol–water partition coefficient (Wildman–Crippen LogP) is 4.17. The largest absolute Gasteiger partial charge is 0.476 e. The Kier molecular flexibility index (Phi) is 8.56. The number of carbonyl (C=O) groups excluding carboxylic acids is 1. The Morgan fingerprint density at radius 1 is 1.06 bits per heavy atom. The van der Waals surface area contributed by atoms with Crippen LogP contribution in [0.3, 0.4) is 0 Å². The standard InChI is InChI=1S/C23H28F3N3O4/c1-4-32-20(30)22(2,3)33-19-11-7-16(8-12-19)13-14-29(21(27)28-31)15-17-5-9-18(10-6-17)23(24,25)26/h5-12,31H,4,13-15H2,1-3H3,(H2,27,28). The molecule has 0 aliphatic rings. The number of halogens is 3. The number of hydrogen-bond donors (Lipinski definition) is 2. The zero-order valence-electron chi connectivity index (χ0n) is 18.7. The van der Waals surface area contributed by atoms with Gasteiger partial charge in [0.2, 0.25) is 5.96 Å². The minimum absolute atomic E-state index is 0.147. The van der Waals surface area contributed by atoms with Gasteiger partial charge in [-0.1, -0.05) is 29.4 Å². The average Bonchev–Trinajstić information content (AvgIpc) is 2.76. The van der Waals surface area contributed by atoms with Crippen molar-refractivity contribution in [3.63, 3.8) is 0 Å². The smallest absolute Gasteiger partial charge is 0.416 e. The van der Waals surface area contributed by atoms with Crippen molar-refractivity contribution in [3.8, 4) is 5.75 Å². The number of ether oxygens (including phenoxy) is 2. The molecule has 0 saturated carbocycles. The normalized spacial score (nSPS) is 12.4. The van der Waals surface area contributed by atoms with E-state index in [1.54, 1.807) is 37.8 Å². The first kappa shape index (κ1) is 25.8. The van der Waals surface area contributed by atoms with Gasteiger partial charge in [-0.15, -0.1) is 0 Å². The minimum Gasteiger partial charge on any atom is -0.476 e. The second-order valence-corrected chi connectivity index (χ2v) is 7.80. The Morgan fingerprint density at radius 3 is 2.15 bits per heavy atom. The van der Waals surface area contributed by atoms with Crippen LogP contribution in [0.5, 0.6) is 5.75 Å². The fourth-order valence-corrected chi connectivity index (χ4v) is 2.99. The van der Waals surface area contributed by atoms with Crippen LogP contribution in [0.4, 0.5) is 13.2 Å². The lowest BCUT2D eigenvalue weighted by molar-refractivity contribution is -0.158. The molecule has 0 radical (unpaired) electrons. The van der Waals surface area contributed by atoms with E-state index in [0.717, 1.165) is 17.7 Å². The molecule has 0 saturated heterocycles. The molecule has 0 atom stereocenters. The number of nitrogens with two attached hydrogens (primary N) is 1. The number of esters is 1. The van der Waals surface area contributed by atoms with E-state index in [1.807, 2.05) is 12.1 Å². The number of rotatable bonds is 9. The van der Waals surface area contributed by atoms with Gasteiger partial charge in [-0.2, -0.15) is 13.2 Å². The minimum atomic E-state index is -4.41. The zero-order valence-corrected chi connectivity index (χ0v) is 18.7. The van der Waals surface area contributed by atoms with E-state index in [9.17, 15) is 18.0 Å². The summed E-state index contributed by atoms with van der Waals surface area (Å²) in [5.41, 5.74) is 5.38. The van der Waals surface area contributed by atoms with Crippen LogP contribution in [-0.4, -0.2) is 40.8 Å². The van der Waals surface area contributed by atoms with Crippen LogP contribution in [0.2, 0.25) is 0 Å². The summed E-state index contributed by atoms with van der Waals surface area (Å²) >= 11 is 0. The van der Waals surface area contributed by atoms with Crippen molar-refractivity contribution < 1.29 is 32.6 Å². The molecule has 180 valence electrons. The molecule has 0 aliphatic heterocycles. The van der Waals surface area contributed by atoms with Crippen molar-refractivity contribution in [1.82, 2.24) is 4.90 Å². The number of nitrogens with zero attached hydrogens (tertiary/aromatic N) is 2. The molecular weight excluding hydrogens is 439 g/mol. The van der Waals surface area contributed by atoms with Gasteiger partial charge in [0.05, 0.1) is 12.2 Å². The highest BCUT2D eigenvalue weighted by Crippen LogP contribution is 2.29. The monoisotopic (exact) mass is 467 g/mol. The van der Waals surface area contributed by atoms with Crippen LogP contribution >= 0.6 is 0 Å². The lowest BCUT2D eigenvalue weighted by Gasteiger charge is -2.24. The molecule has 3 N–H and O–H groups in total. The second kappa shape index (κ2) is 10.9. The van der Waals surface area contributed by atoms with Crippen LogP contribution in [0.15, 0.2) is 53.7 Å². The molecule has 2 aromatic rings. The van der Waals surface area contributed by atoms with Gasteiger partial charge in [-0.05, 0) is 62.6 Å². The number of guanidine groups is 1. The summed E-state index contributed by atoms with van der Waals surface area (Å²) < 4.78 is 49.0. The molecule has 0 spiro atoms. The van der Waals surface area contributed by atoms with Gasteiger partial charge in [0.15, 0.2) is 5.60 Å². The quantitative estimate of drug-likeness (QED) is 0.189. The molecule has 7 nitrogen and oxygen atoms in total. The maximum atomic E-state index is 12.8. The van der Waals surface area contributed by atoms with Gasteiger partial charge < -0.3 is 25.3 Å². The number of benzene rings is 2. The van der Waals surface area contributed by atoms with Gasteiger partial charge in [0.25, 0.3) is 0 Å². The van der Waals surface area contributed by atoms with Crippen molar-refractivity contribution >= 4 is 11.9 Å². The third kappa shape index (κ3) is 7.58. The van der Waals surface area contributed by atoms with Crippen molar-refractivity contribution in [2.24, 2.45) is 10.9 Å². The van der Waals surface area contributed by atoms with Crippen LogP contribution in [0.1, 0.15) is 37.5 Å². The van der Waals surface area contributed by atoms with Gasteiger partial charge >= 0.3 is 12.1 Å². The molecule has 0 amide bonds. The Bertz CT molecular complexity index is 943. The summed E-state index contributed by atoms with van der Waals surface area (Å²) in [6, 6.07) is 11.8. The van der Waals surface area contributed by atoms with E-state index >= 15 is 0 Å². The van der Waals surface area contributed by atoms with Crippen molar-refractivity contribution in [2.75, 3.05) is 13.2 Å². The summed E-state index contributed by atoms with van der Waals surface area (Å²) in [4.78, 5) is 13.5. The van der Waals surface area contributed by atoms with Gasteiger partial charge in [-0.25, -0.2) is 4.79 Å². The average molecular weight is 467 g/mol. The third-order valence-electron chi connectivity index (χ3n) is 4.81. The number of carbonyl (C=O) groups is 1. The van der Waals surface area contributed by atoms with E-state index < -0.39 is 23.3 Å². The molecule has 0 aliphatic carbocycles. The summed E-state index contributed by atoms with van der Waals surface area (Å²) in [7, 11) is 0.